The molecule has 0 spiro atoms. The van der Waals surface area contributed by atoms with Crippen molar-refractivity contribution in [2.75, 3.05) is 10.2 Å². The number of carboxylic acid groups (broad SMARTS) is 1. The van der Waals surface area contributed by atoms with Gasteiger partial charge in [0.1, 0.15) is 12.1 Å². The Labute approximate surface area is 147 Å². The number of nitrogens with one attached hydrogen (secondary N) is 2. The lowest BCUT2D eigenvalue weighted by molar-refractivity contribution is -0.140. The van der Waals surface area contributed by atoms with Gasteiger partial charge in [-0.25, -0.2) is 9.59 Å². The second-order valence-electron chi connectivity index (χ2n) is 6.72. The smallest absolute Gasteiger partial charge is 0.326 e. The van der Waals surface area contributed by atoms with Crippen LogP contribution in [0.5, 0.6) is 0 Å². The molecule has 136 valence electrons. The van der Waals surface area contributed by atoms with Gasteiger partial charge in [-0.05, 0) is 24.0 Å². The molecule has 1 aliphatic rings. The molecule has 0 aliphatic carbocycles. The van der Waals surface area contributed by atoms with Crippen LogP contribution in [0.15, 0.2) is 24.3 Å². The Morgan fingerprint density at radius 2 is 1.92 bits per heavy atom. The summed E-state index contributed by atoms with van der Waals surface area (Å²) in [6.45, 7) is 7.34. The highest BCUT2D eigenvalue weighted by Crippen LogP contribution is 2.34. The van der Waals surface area contributed by atoms with E-state index in [0.717, 1.165) is 0 Å². The molecular weight excluding hydrogens is 322 g/mol. The quantitative estimate of drug-likeness (QED) is 0.762. The molecule has 7 nitrogen and oxygen atoms in total. The van der Waals surface area contributed by atoms with Gasteiger partial charge in [0.25, 0.3) is 0 Å². The molecule has 0 unspecified atom stereocenters. The number of carboxylic acids is 1. The van der Waals surface area contributed by atoms with Crippen molar-refractivity contribution in [1.82, 2.24) is 5.32 Å². The maximum Gasteiger partial charge on any atom is 0.326 e. The van der Waals surface area contributed by atoms with E-state index in [-0.39, 0.29) is 17.7 Å². The molecule has 0 fully saturated rings. The first-order valence-corrected chi connectivity index (χ1v) is 8.50. The normalized spacial score (nSPS) is 19.0. The van der Waals surface area contributed by atoms with Crippen LogP contribution in [0.1, 0.15) is 34.1 Å². The second-order valence-corrected chi connectivity index (χ2v) is 6.72. The van der Waals surface area contributed by atoms with Crippen LogP contribution in [0.3, 0.4) is 0 Å². The summed E-state index contributed by atoms with van der Waals surface area (Å²) >= 11 is 0. The Balaban J connectivity index is 2.40. The molecular formula is C18H25N3O4. The lowest BCUT2D eigenvalue weighted by Gasteiger charge is -2.39. The van der Waals surface area contributed by atoms with Gasteiger partial charge in [-0.15, -0.1) is 0 Å². The van der Waals surface area contributed by atoms with Gasteiger partial charge in [0.15, 0.2) is 0 Å². The highest BCUT2D eigenvalue weighted by atomic mass is 16.4. The Hall–Kier alpha value is -2.57. The molecule has 2 rings (SSSR count). The van der Waals surface area contributed by atoms with Crippen molar-refractivity contribution in [2.45, 2.75) is 46.2 Å². The molecule has 0 radical (unpaired) electrons. The summed E-state index contributed by atoms with van der Waals surface area (Å²) in [5.41, 5.74) is 1.10. The molecule has 1 aromatic carbocycles. The van der Waals surface area contributed by atoms with Crippen LogP contribution in [0.4, 0.5) is 16.2 Å². The van der Waals surface area contributed by atoms with Gasteiger partial charge in [-0.2, -0.15) is 0 Å². The van der Waals surface area contributed by atoms with Crippen molar-refractivity contribution in [2.24, 2.45) is 11.8 Å². The SMILES string of the molecule is CC[C@H](C)[C@H](NC(=O)N1c2ccccc2NC(=O)[C@@H]1C(C)C)C(=O)O. The number of carbonyl (C=O) groups excluding carboxylic acids is 2. The van der Waals surface area contributed by atoms with E-state index in [1.165, 1.54) is 4.90 Å². The van der Waals surface area contributed by atoms with Crippen molar-refractivity contribution in [3.05, 3.63) is 24.3 Å². The van der Waals surface area contributed by atoms with Crippen molar-refractivity contribution in [3.63, 3.8) is 0 Å². The molecule has 3 N–H and O–H groups in total. The van der Waals surface area contributed by atoms with Gasteiger partial charge in [-0.1, -0.05) is 46.2 Å². The fourth-order valence-corrected chi connectivity index (χ4v) is 2.99. The standard InChI is InChI=1S/C18H25N3O4/c1-5-11(4)14(17(23)24)20-18(25)21-13-9-7-6-8-12(13)19-16(22)15(21)10(2)3/h6-11,14-15H,5H2,1-4H3,(H,19,22)(H,20,25)(H,23,24)/t11-,14-,15-/m0/s1. The Bertz CT molecular complexity index is 674. The second kappa shape index (κ2) is 7.55. The van der Waals surface area contributed by atoms with Gasteiger partial charge in [0, 0.05) is 0 Å². The highest BCUT2D eigenvalue weighted by molar-refractivity contribution is 6.12. The Morgan fingerprint density at radius 3 is 2.48 bits per heavy atom. The lowest BCUT2D eigenvalue weighted by atomic mass is 9.97. The summed E-state index contributed by atoms with van der Waals surface area (Å²) in [6.07, 6.45) is 0.613. The third-order valence-corrected chi connectivity index (χ3v) is 4.58. The number of para-hydroxylation sites is 2. The van der Waals surface area contributed by atoms with Gasteiger partial charge in [-0.3, -0.25) is 9.69 Å². The largest absolute Gasteiger partial charge is 0.480 e. The number of hydrogen-bond donors (Lipinski definition) is 3. The predicted octanol–water partition coefficient (Wildman–Crippen LogP) is 2.68. The zero-order valence-electron chi connectivity index (χ0n) is 14.9. The highest BCUT2D eigenvalue weighted by Gasteiger charge is 2.40. The summed E-state index contributed by atoms with van der Waals surface area (Å²) < 4.78 is 0. The van der Waals surface area contributed by atoms with E-state index in [2.05, 4.69) is 10.6 Å². The predicted molar refractivity (Wildman–Crippen MR) is 95.6 cm³/mol. The minimum absolute atomic E-state index is 0.133. The van der Waals surface area contributed by atoms with Gasteiger partial charge in [0.05, 0.1) is 11.4 Å². The Kier molecular flexibility index (Phi) is 5.66. The average molecular weight is 347 g/mol. The molecule has 1 aliphatic heterocycles. The summed E-state index contributed by atoms with van der Waals surface area (Å²) in [5, 5.41) is 14.8. The summed E-state index contributed by atoms with van der Waals surface area (Å²) in [6, 6.07) is 4.70. The van der Waals surface area contributed by atoms with E-state index in [4.69, 9.17) is 0 Å². The topological polar surface area (TPSA) is 98.7 Å². The first-order valence-electron chi connectivity index (χ1n) is 8.50. The number of aliphatic carboxylic acids is 1. The van der Waals surface area contributed by atoms with E-state index in [0.29, 0.717) is 17.8 Å². The van der Waals surface area contributed by atoms with E-state index < -0.39 is 24.1 Å². The van der Waals surface area contributed by atoms with Crippen molar-refractivity contribution in [3.8, 4) is 0 Å². The van der Waals surface area contributed by atoms with Crippen molar-refractivity contribution >= 4 is 29.3 Å². The first-order chi connectivity index (χ1) is 11.8. The number of carbonyl (C=O) groups is 3. The number of rotatable bonds is 5. The van der Waals surface area contributed by atoms with Crippen molar-refractivity contribution < 1.29 is 19.5 Å². The molecule has 1 aromatic rings. The molecule has 1 heterocycles. The first kappa shape index (κ1) is 18.8. The van der Waals surface area contributed by atoms with Gasteiger partial charge in [0.2, 0.25) is 5.91 Å². The molecule has 0 aromatic heterocycles. The van der Waals surface area contributed by atoms with E-state index >= 15 is 0 Å². The Morgan fingerprint density at radius 1 is 1.28 bits per heavy atom. The molecule has 7 heteroatoms. The van der Waals surface area contributed by atoms with E-state index in [1.54, 1.807) is 31.2 Å². The molecule has 25 heavy (non-hydrogen) atoms. The van der Waals surface area contributed by atoms with Crippen LogP contribution < -0.4 is 15.5 Å². The van der Waals surface area contributed by atoms with Crippen LogP contribution >= 0.6 is 0 Å². The minimum Gasteiger partial charge on any atom is -0.480 e. The lowest BCUT2D eigenvalue weighted by Crippen LogP contribution is -2.59. The number of amides is 3. The summed E-state index contributed by atoms with van der Waals surface area (Å²) in [7, 11) is 0. The molecule has 0 saturated heterocycles. The summed E-state index contributed by atoms with van der Waals surface area (Å²) in [5.74, 6) is -1.73. The number of fused-ring (bicyclic) bond motifs is 1. The zero-order chi connectivity index (χ0) is 18.7. The number of hydrogen-bond acceptors (Lipinski definition) is 3. The van der Waals surface area contributed by atoms with Gasteiger partial charge >= 0.3 is 12.0 Å². The third kappa shape index (κ3) is 3.75. The minimum atomic E-state index is -1.08. The van der Waals surface area contributed by atoms with Crippen molar-refractivity contribution in [1.29, 1.82) is 0 Å². The van der Waals surface area contributed by atoms with Crippen LogP contribution in [0, 0.1) is 11.8 Å². The van der Waals surface area contributed by atoms with Crippen LogP contribution in [-0.4, -0.2) is 35.1 Å². The monoisotopic (exact) mass is 347 g/mol. The summed E-state index contributed by atoms with van der Waals surface area (Å²) in [4.78, 5) is 38.3. The maximum atomic E-state index is 12.9. The number of anilines is 2. The van der Waals surface area contributed by atoms with Crippen LogP contribution in [0.2, 0.25) is 0 Å². The van der Waals surface area contributed by atoms with E-state index in [9.17, 15) is 19.5 Å². The average Bonchev–Trinajstić information content (AvgIpc) is 2.56. The van der Waals surface area contributed by atoms with E-state index in [1.807, 2.05) is 20.8 Å². The molecule has 3 amide bonds. The molecule has 3 atom stereocenters. The fraction of sp³-hybridized carbons (Fsp3) is 0.500. The molecule has 0 saturated carbocycles. The van der Waals surface area contributed by atoms with Crippen LogP contribution in [0.25, 0.3) is 0 Å². The van der Waals surface area contributed by atoms with Gasteiger partial charge < -0.3 is 15.7 Å². The number of urea groups is 1. The fourth-order valence-electron chi connectivity index (χ4n) is 2.99. The number of benzene rings is 1. The maximum absolute atomic E-state index is 12.9. The zero-order valence-corrected chi connectivity index (χ0v) is 14.9. The third-order valence-electron chi connectivity index (χ3n) is 4.58. The number of nitrogens with zero attached hydrogens (tertiary/aromatic N) is 1. The molecule has 0 bridgehead atoms. The van der Waals surface area contributed by atoms with Crippen LogP contribution in [-0.2, 0) is 9.59 Å².